The van der Waals surface area contributed by atoms with Gasteiger partial charge in [-0.15, -0.1) is 0 Å². The van der Waals surface area contributed by atoms with Gasteiger partial charge < -0.3 is 14.8 Å². The molecule has 7 nitrogen and oxygen atoms in total. The van der Waals surface area contributed by atoms with Gasteiger partial charge in [-0.25, -0.2) is 4.98 Å². The molecule has 156 valence electrons. The standard InChI is InChI=1S/C21H28N4O3S/c22-12-18-16-5-1-2-6-17(16)20(25-7-10-27-11-8-25)24-21(18)29-14-19(26)23-13-15-4-3-9-28-15/h15H,1-11,13-14H2,(H,23,26)/p+1/t15-/m0/s1. The van der Waals surface area contributed by atoms with Crippen molar-refractivity contribution in [3.05, 3.63) is 16.7 Å². The summed E-state index contributed by atoms with van der Waals surface area (Å²) < 4.78 is 11.1. The van der Waals surface area contributed by atoms with Gasteiger partial charge in [0, 0.05) is 18.7 Å². The van der Waals surface area contributed by atoms with E-state index in [-0.39, 0.29) is 12.0 Å². The van der Waals surface area contributed by atoms with Gasteiger partial charge in [0.15, 0.2) is 5.03 Å². The summed E-state index contributed by atoms with van der Waals surface area (Å²) >= 11 is 1.42. The highest BCUT2D eigenvalue weighted by molar-refractivity contribution is 7.99. The number of nitrogens with zero attached hydrogens (tertiary/aromatic N) is 2. The Hall–Kier alpha value is -1.82. The number of nitrogens with one attached hydrogen (secondary N) is 2. The first-order valence-electron chi connectivity index (χ1n) is 10.6. The van der Waals surface area contributed by atoms with Crippen LogP contribution in [-0.4, -0.2) is 57.2 Å². The van der Waals surface area contributed by atoms with Crippen LogP contribution in [-0.2, 0) is 27.1 Å². The molecule has 0 spiro atoms. The quantitative estimate of drug-likeness (QED) is 0.706. The van der Waals surface area contributed by atoms with E-state index in [1.54, 1.807) is 0 Å². The molecule has 1 amide bonds. The summed E-state index contributed by atoms with van der Waals surface area (Å²) in [6.07, 6.45) is 6.41. The van der Waals surface area contributed by atoms with E-state index < -0.39 is 0 Å². The molecule has 2 N–H and O–H groups in total. The Labute approximate surface area is 176 Å². The van der Waals surface area contributed by atoms with Crippen LogP contribution in [0.1, 0.15) is 42.4 Å². The molecule has 2 fully saturated rings. The normalized spacial score (nSPS) is 21.5. The number of hydrogen-bond acceptors (Lipinski definition) is 6. The Bertz CT molecular complexity index is 783. The van der Waals surface area contributed by atoms with E-state index in [1.165, 1.54) is 22.9 Å². The highest BCUT2D eigenvalue weighted by Gasteiger charge is 2.31. The van der Waals surface area contributed by atoms with Crippen molar-refractivity contribution in [2.75, 3.05) is 50.1 Å². The van der Waals surface area contributed by atoms with Crippen molar-refractivity contribution in [3.8, 4) is 6.07 Å². The second kappa shape index (κ2) is 9.79. The summed E-state index contributed by atoms with van der Waals surface area (Å²) in [6.45, 7) is 4.49. The van der Waals surface area contributed by atoms with Crippen molar-refractivity contribution < 1.29 is 19.3 Å². The lowest BCUT2D eigenvalue weighted by atomic mass is 9.89. The fourth-order valence-electron chi connectivity index (χ4n) is 4.33. The summed E-state index contributed by atoms with van der Waals surface area (Å²) in [5, 5.41) is 13.6. The van der Waals surface area contributed by atoms with Crippen molar-refractivity contribution in [2.45, 2.75) is 49.7 Å². The molecule has 8 heteroatoms. The number of nitriles is 1. The lowest BCUT2D eigenvalue weighted by Crippen LogP contribution is -2.41. The van der Waals surface area contributed by atoms with E-state index in [2.05, 4.69) is 21.3 Å². The van der Waals surface area contributed by atoms with Crippen LogP contribution in [0.5, 0.6) is 0 Å². The minimum absolute atomic E-state index is 0.0200. The Morgan fingerprint density at radius 3 is 2.72 bits per heavy atom. The van der Waals surface area contributed by atoms with E-state index in [9.17, 15) is 10.1 Å². The van der Waals surface area contributed by atoms with Gasteiger partial charge in [0.2, 0.25) is 5.91 Å². The van der Waals surface area contributed by atoms with E-state index in [4.69, 9.17) is 9.47 Å². The number of aromatic nitrogens is 1. The number of amides is 1. The summed E-state index contributed by atoms with van der Waals surface area (Å²) in [5.41, 5.74) is 3.16. The molecule has 29 heavy (non-hydrogen) atoms. The number of anilines is 1. The van der Waals surface area contributed by atoms with Crippen molar-refractivity contribution in [1.82, 2.24) is 5.32 Å². The number of pyridine rings is 1. The molecule has 1 aromatic rings. The molecule has 2 saturated heterocycles. The van der Waals surface area contributed by atoms with Gasteiger partial charge in [0.05, 0.1) is 25.1 Å². The van der Waals surface area contributed by atoms with Gasteiger partial charge in [-0.05, 0) is 44.1 Å². The Kier molecular flexibility index (Phi) is 6.90. The van der Waals surface area contributed by atoms with Crippen LogP contribution in [0.3, 0.4) is 0 Å². The number of rotatable bonds is 6. The van der Waals surface area contributed by atoms with Gasteiger partial charge in [-0.3, -0.25) is 9.69 Å². The number of ether oxygens (including phenoxy) is 2. The molecule has 0 aromatic carbocycles. The van der Waals surface area contributed by atoms with E-state index in [1.807, 2.05) is 0 Å². The topological polar surface area (TPSA) is 88.7 Å². The maximum Gasteiger partial charge on any atom is 0.278 e. The molecule has 0 unspecified atom stereocenters. The zero-order valence-corrected chi connectivity index (χ0v) is 17.6. The van der Waals surface area contributed by atoms with Crippen molar-refractivity contribution in [1.29, 1.82) is 5.26 Å². The highest BCUT2D eigenvalue weighted by Crippen LogP contribution is 2.33. The smallest absolute Gasteiger partial charge is 0.278 e. The van der Waals surface area contributed by atoms with Gasteiger partial charge in [0.25, 0.3) is 5.82 Å². The average Bonchev–Trinajstić information content (AvgIpc) is 3.29. The SMILES string of the molecule is N#Cc1c(SCC(=O)NC[C@@H]2CCCO2)[nH+]c(N2CCOCC2)c2c1CCCC2. The fourth-order valence-corrected chi connectivity index (χ4v) is 5.19. The molecule has 0 radical (unpaired) electrons. The average molecular weight is 418 g/mol. The maximum atomic E-state index is 12.3. The van der Waals surface area contributed by atoms with Crippen molar-refractivity contribution in [3.63, 3.8) is 0 Å². The molecule has 0 saturated carbocycles. The second-order valence-electron chi connectivity index (χ2n) is 7.78. The van der Waals surface area contributed by atoms with Crippen LogP contribution in [0.4, 0.5) is 5.82 Å². The summed E-state index contributed by atoms with van der Waals surface area (Å²) in [6, 6.07) is 2.41. The Balaban J connectivity index is 1.50. The minimum Gasteiger partial charge on any atom is -0.376 e. The van der Waals surface area contributed by atoms with Crippen LogP contribution in [0, 0.1) is 11.3 Å². The molecule has 3 heterocycles. The zero-order valence-electron chi connectivity index (χ0n) is 16.8. The van der Waals surface area contributed by atoms with Crippen LogP contribution >= 0.6 is 11.8 Å². The molecule has 1 atom stereocenters. The monoisotopic (exact) mass is 417 g/mol. The van der Waals surface area contributed by atoms with Crippen LogP contribution in [0.2, 0.25) is 0 Å². The number of fused-ring (bicyclic) bond motifs is 1. The third kappa shape index (κ3) is 4.85. The molecule has 4 rings (SSSR count). The van der Waals surface area contributed by atoms with Crippen molar-refractivity contribution >= 4 is 23.5 Å². The largest absolute Gasteiger partial charge is 0.376 e. The summed E-state index contributed by atoms with van der Waals surface area (Å²) in [7, 11) is 0. The van der Waals surface area contributed by atoms with Crippen molar-refractivity contribution in [2.24, 2.45) is 0 Å². The van der Waals surface area contributed by atoms with Crippen LogP contribution in [0.25, 0.3) is 0 Å². The van der Waals surface area contributed by atoms with Gasteiger partial charge >= 0.3 is 0 Å². The number of aromatic amines is 1. The van der Waals surface area contributed by atoms with Gasteiger partial charge in [-0.1, -0.05) is 11.8 Å². The third-order valence-electron chi connectivity index (χ3n) is 5.85. The predicted octanol–water partition coefficient (Wildman–Crippen LogP) is 1.48. The van der Waals surface area contributed by atoms with E-state index in [0.717, 1.165) is 82.3 Å². The molecule has 1 aliphatic carbocycles. The second-order valence-corrected chi connectivity index (χ2v) is 8.77. The number of thioether (sulfide) groups is 1. The Morgan fingerprint density at radius 1 is 1.21 bits per heavy atom. The minimum atomic E-state index is -0.0200. The van der Waals surface area contributed by atoms with Gasteiger partial charge in [-0.2, -0.15) is 5.26 Å². The number of hydrogen-bond donors (Lipinski definition) is 1. The number of carbonyl (C=O) groups is 1. The van der Waals surface area contributed by atoms with E-state index >= 15 is 0 Å². The van der Waals surface area contributed by atoms with Gasteiger partial charge in [0.1, 0.15) is 24.7 Å². The Morgan fingerprint density at radius 2 is 2.00 bits per heavy atom. The van der Waals surface area contributed by atoms with Crippen LogP contribution < -0.4 is 15.2 Å². The first-order chi connectivity index (χ1) is 14.3. The first-order valence-corrected chi connectivity index (χ1v) is 11.6. The third-order valence-corrected chi connectivity index (χ3v) is 6.85. The van der Waals surface area contributed by atoms with E-state index in [0.29, 0.717) is 17.9 Å². The predicted molar refractivity (Wildman–Crippen MR) is 110 cm³/mol. The zero-order chi connectivity index (χ0) is 20.1. The highest BCUT2D eigenvalue weighted by atomic mass is 32.2. The van der Waals surface area contributed by atoms with Crippen LogP contribution in [0.15, 0.2) is 5.03 Å². The molecule has 3 aliphatic rings. The number of morpholine rings is 1. The number of H-pyrrole nitrogens is 1. The molecular weight excluding hydrogens is 388 g/mol. The maximum absolute atomic E-state index is 12.3. The first kappa shape index (κ1) is 20.5. The molecule has 2 aliphatic heterocycles. The lowest BCUT2D eigenvalue weighted by molar-refractivity contribution is -0.414. The number of carbonyl (C=O) groups excluding carboxylic acids is 1. The molecule has 1 aromatic heterocycles. The summed E-state index contributed by atoms with van der Waals surface area (Å²) in [5.74, 6) is 1.39. The lowest BCUT2D eigenvalue weighted by Gasteiger charge is -2.26. The molecular formula is C21H29N4O3S+. The molecule has 0 bridgehead atoms. The summed E-state index contributed by atoms with van der Waals surface area (Å²) in [4.78, 5) is 18.2. The fraction of sp³-hybridized carbons (Fsp3) is 0.667.